The van der Waals surface area contributed by atoms with E-state index in [0.29, 0.717) is 5.92 Å². The van der Waals surface area contributed by atoms with Crippen LogP contribution in [-0.2, 0) is 11.3 Å². The van der Waals surface area contributed by atoms with Crippen LogP contribution in [0, 0.1) is 18.3 Å². The van der Waals surface area contributed by atoms with Gasteiger partial charge in [0.1, 0.15) is 5.82 Å². The van der Waals surface area contributed by atoms with Crippen LogP contribution >= 0.6 is 0 Å². The average Bonchev–Trinajstić information content (AvgIpc) is 2.80. The molecule has 0 bridgehead atoms. The van der Waals surface area contributed by atoms with Crippen LogP contribution in [0.15, 0.2) is 6.20 Å². The number of rotatable bonds is 4. The number of aromatic nitrogens is 2. The van der Waals surface area contributed by atoms with Gasteiger partial charge in [-0.05, 0) is 32.2 Å². The highest BCUT2D eigenvalue weighted by Crippen LogP contribution is 2.19. The molecule has 1 saturated heterocycles. The molecular weight excluding hydrogens is 264 g/mol. The number of nitrogens with one attached hydrogen (secondary N) is 2. The van der Waals surface area contributed by atoms with E-state index >= 15 is 0 Å². The normalized spacial score (nSPS) is 20.5. The van der Waals surface area contributed by atoms with Crippen molar-refractivity contribution < 1.29 is 4.79 Å². The zero-order valence-corrected chi connectivity index (χ0v) is 13.7. The maximum absolute atomic E-state index is 11.9. The number of aryl methyl sites for hydroxylation is 1. The molecular formula is C16H28N4O. The Morgan fingerprint density at radius 3 is 2.90 bits per heavy atom. The lowest BCUT2D eigenvalue weighted by atomic mass is 9.94. The number of hydrogen-bond donors (Lipinski definition) is 2. The van der Waals surface area contributed by atoms with Crippen molar-refractivity contribution in [1.29, 1.82) is 0 Å². The number of H-pyrrole nitrogens is 1. The molecule has 1 aromatic heterocycles. The van der Waals surface area contributed by atoms with Gasteiger partial charge in [-0.2, -0.15) is 0 Å². The highest BCUT2D eigenvalue weighted by Gasteiger charge is 2.24. The van der Waals surface area contributed by atoms with Crippen LogP contribution in [-0.4, -0.2) is 40.4 Å². The molecule has 0 saturated carbocycles. The fourth-order valence-corrected chi connectivity index (χ4v) is 2.76. The lowest BCUT2D eigenvalue weighted by Crippen LogP contribution is -2.43. The van der Waals surface area contributed by atoms with E-state index in [1.54, 1.807) is 0 Å². The van der Waals surface area contributed by atoms with Gasteiger partial charge in [0, 0.05) is 36.9 Å². The molecule has 1 aliphatic rings. The summed E-state index contributed by atoms with van der Waals surface area (Å²) in [5, 5.41) is 3.10. The van der Waals surface area contributed by atoms with Crippen molar-refractivity contribution in [2.45, 2.75) is 47.1 Å². The highest BCUT2D eigenvalue weighted by atomic mass is 16.2. The van der Waals surface area contributed by atoms with Gasteiger partial charge in [0.2, 0.25) is 5.91 Å². The average molecular weight is 292 g/mol. The summed E-state index contributed by atoms with van der Waals surface area (Å²) in [5.41, 5.74) is 0.869. The van der Waals surface area contributed by atoms with Crippen molar-refractivity contribution in [3.05, 3.63) is 17.7 Å². The minimum Gasteiger partial charge on any atom is -0.355 e. The molecule has 2 rings (SSSR count). The lowest BCUT2D eigenvalue weighted by molar-refractivity contribution is -0.128. The summed E-state index contributed by atoms with van der Waals surface area (Å²) < 4.78 is 0. The van der Waals surface area contributed by atoms with Gasteiger partial charge in [0.05, 0.1) is 0 Å². The van der Waals surface area contributed by atoms with Crippen LogP contribution in [0.25, 0.3) is 0 Å². The molecule has 1 fully saturated rings. The van der Waals surface area contributed by atoms with Crippen LogP contribution in [0.5, 0.6) is 0 Å². The SMILES string of the molecule is Cc1ncc(CN2CCC[C@H](CNC(=O)C(C)(C)C)C2)[nH]1. The summed E-state index contributed by atoms with van der Waals surface area (Å²) in [7, 11) is 0. The van der Waals surface area contributed by atoms with E-state index in [0.717, 1.165) is 32.0 Å². The molecule has 5 nitrogen and oxygen atoms in total. The molecule has 0 spiro atoms. The van der Waals surface area contributed by atoms with Crippen molar-refractivity contribution >= 4 is 5.91 Å². The van der Waals surface area contributed by atoms with Gasteiger partial charge in [0.25, 0.3) is 0 Å². The molecule has 0 aromatic carbocycles. The standard InChI is InChI=1S/C16H28N4O/c1-12-17-9-14(19-12)11-20-7-5-6-13(10-20)8-18-15(21)16(2,3)4/h9,13H,5-8,10-11H2,1-4H3,(H,17,19)(H,18,21)/t13-/m1/s1. The Hall–Kier alpha value is -1.36. The second-order valence-electron chi connectivity index (χ2n) is 7.20. The van der Waals surface area contributed by atoms with E-state index in [1.165, 1.54) is 18.5 Å². The summed E-state index contributed by atoms with van der Waals surface area (Å²) in [5.74, 6) is 1.66. The number of amides is 1. The number of aromatic amines is 1. The third kappa shape index (κ3) is 4.84. The molecule has 5 heteroatoms. The molecule has 21 heavy (non-hydrogen) atoms. The second-order valence-corrected chi connectivity index (χ2v) is 7.20. The van der Waals surface area contributed by atoms with Crippen molar-refractivity contribution in [2.24, 2.45) is 11.3 Å². The third-order valence-electron chi connectivity index (χ3n) is 3.99. The van der Waals surface area contributed by atoms with E-state index in [2.05, 4.69) is 20.2 Å². The molecule has 0 aliphatic carbocycles. The Kier molecular flexibility index (Phi) is 5.04. The molecule has 1 amide bonds. The van der Waals surface area contributed by atoms with E-state index in [-0.39, 0.29) is 11.3 Å². The van der Waals surface area contributed by atoms with Gasteiger partial charge in [-0.15, -0.1) is 0 Å². The summed E-state index contributed by atoms with van der Waals surface area (Å²) in [4.78, 5) is 21.9. The monoisotopic (exact) mass is 292 g/mol. The summed E-state index contributed by atoms with van der Waals surface area (Å²) in [6.07, 6.45) is 4.31. The van der Waals surface area contributed by atoms with E-state index in [1.807, 2.05) is 33.9 Å². The number of imidazole rings is 1. The molecule has 1 aromatic rings. The van der Waals surface area contributed by atoms with E-state index < -0.39 is 0 Å². The minimum atomic E-state index is -0.304. The topological polar surface area (TPSA) is 61.0 Å². The number of carbonyl (C=O) groups is 1. The zero-order chi connectivity index (χ0) is 15.5. The summed E-state index contributed by atoms with van der Waals surface area (Å²) >= 11 is 0. The van der Waals surface area contributed by atoms with Gasteiger partial charge in [-0.3, -0.25) is 9.69 Å². The van der Waals surface area contributed by atoms with Gasteiger partial charge >= 0.3 is 0 Å². The molecule has 118 valence electrons. The first kappa shape index (κ1) is 16.0. The highest BCUT2D eigenvalue weighted by molar-refractivity contribution is 5.81. The van der Waals surface area contributed by atoms with Crippen LogP contribution in [0.2, 0.25) is 0 Å². The Morgan fingerprint density at radius 2 is 2.29 bits per heavy atom. The first-order valence-electron chi connectivity index (χ1n) is 7.86. The zero-order valence-electron chi connectivity index (χ0n) is 13.7. The maximum Gasteiger partial charge on any atom is 0.225 e. The molecule has 0 radical (unpaired) electrons. The fraction of sp³-hybridized carbons (Fsp3) is 0.750. The van der Waals surface area contributed by atoms with Crippen LogP contribution in [0.1, 0.15) is 45.1 Å². The van der Waals surface area contributed by atoms with Crippen LogP contribution in [0.3, 0.4) is 0 Å². The third-order valence-corrected chi connectivity index (χ3v) is 3.99. The Balaban J connectivity index is 1.79. The first-order valence-corrected chi connectivity index (χ1v) is 7.86. The maximum atomic E-state index is 11.9. The van der Waals surface area contributed by atoms with Gasteiger partial charge in [0.15, 0.2) is 0 Å². The summed E-state index contributed by atoms with van der Waals surface area (Å²) in [6.45, 7) is 11.7. The van der Waals surface area contributed by atoms with E-state index in [4.69, 9.17) is 0 Å². The predicted octanol–water partition coefficient (Wildman–Crippen LogP) is 2.09. The number of piperidine rings is 1. The van der Waals surface area contributed by atoms with E-state index in [9.17, 15) is 4.79 Å². The van der Waals surface area contributed by atoms with Crippen molar-refractivity contribution in [1.82, 2.24) is 20.2 Å². The van der Waals surface area contributed by atoms with Crippen molar-refractivity contribution in [3.63, 3.8) is 0 Å². The first-order chi connectivity index (χ1) is 9.84. The Labute approximate surface area is 127 Å². The largest absolute Gasteiger partial charge is 0.355 e. The smallest absolute Gasteiger partial charge is 0.225 e. The number of nitrogens with zero attached hydrogens (tertiary/aromatic N) is 2. The lowest BCUT2D eigenvalue weighted by Gasteiger charge is -2.33. The van der Waals surface area contributed by atoms with Gasteiger partial charge in [-0.25, -0.2) is 4.98 Å². The number of hydrogen-bond acceptors (Lipinski definition) is 3. The molecule has 2 N–H and O–H groups in total. The predicted molar refractivity (Wildman–Crippen MR) is 83.8 cm³/mol. The van der Waals surface area contributed by atoms with Gasteiger partial charge < -0.3 is 10.3 Å². The molecule has 1 atom stereocenters. The molecule has 2 heterocycles. The van der Waals surface area contributed by atoms with Crippen molar-refractivity contribution in [3.8, 4) is 0 Å². The van der Waals surface area contributed by atoms with Crippen LogP contribution in [0.4, 0.5) is 0 Å². The quantitative estimate of drug-likeness (QED) is 0.893. The Morgan fingerprint density at radius 1 is 1.52 bits per heavy atom. The van der Waals surface area contributed by atoms with Crippen LogP contribution < -0.4 is 5.32 Å². The minimum absolute atomic E-state index is 0.142. The number of carbonyl (C=O) groups excluding carboxylic acids is 1. The molecule has 0 unspecified atom stereocenters. The Bertz CT molecular complexity index is 475. The molecule has 1 aliphatic heterocycles. The van der Waals surface area contributed by atoms with Gasteiger partial charge in [-0.1, -0.05) is 20.8 Å². The second kappa shape index (κ2) is 6.60. The number of likely N-dealkylation sites (tertiary alicyclic amines) is 1. The van der Waals surface area contributed by atoms with Crippen molar-refractivity contribution in [2.75, 3.05) is 19.6 Å². The summed E-state index contributed by atoms with van der Waals surface area (Å²) in [6, 6.07) is 0. The fourth-order valence-electron chi connectivity index (χ4n) is 2.76.